The predicted octanol–water partition coefficient (Wildman–Crippen LogP) is 4.02. The SMILES string of the molecule is CCOC(=O)c1c(Cl)c(C)nn1-c1cccc(C(=O)N(C)c2ccc3c(c2)OCO3)c1. The monoisotopic (exact) mass is 441 g/mol. The van der Waals surface area contributed by atoms with Crippen LogP contribution in [0.1, 0.15) is 33.5 Å². The van der Waals surface area contributed by atoms with E-state index in [1.807, 2.05) is 0 Å². The Morgan fingerprint density at radius 2 is 1.97 bits per heavy atom. The standard InChI is InChI=1S/C22H20ClN3O5/c1-4-29-22(28)20-19(23)13(2)24-26(20)16-7-5-6-14(10-16)21(27)25(3)15-8-9-17-18(11-15)31-12-30-17/h5-11H,4,12H2,1-3H3. The van der Waals surface area contributed by atoms with E-state index in [0.29, 0.717) is 34.1 Å². The minimum atomic E-state index is -0.581. The lowest BCUT2D eigenvalue weighted by atomic mass is 10.1. The number of nitrogens with zero attached hydrogens (tertiary/aromatic N) is 3. The number of carbonyl (C=O) groups excluding carboxylic acids is 2. The third kappa shape index (κ3) is 3.82. The molecule has 2 heterocycles. The first-order chi connectivity index (χ1) is 14.9. The summed E-state index contributed by atoms with van der Waals surface area (Å²) >= 11 is 6.29. The lowest BCUT2D eigenvalue weighted by Gasteiger charge is -2.18. The Labute approximate surface area is 183 Å². The predicted molar refractivity (Wildman–Crippen MR) is 115 cm³/mol. The Morgan fingerprint density at radius 1 is 1.19 bits per heavy atom. The molecule has 0 unspecified atom stereocenters. The van der Waals surface area contributed by atoms with E-state index in [9.17, 15) is 9.59 Å². The van der Waals surface area contributed by atoms with Gasteiger partial charge in [-0.15, -0.1) is 0 Å². The van der Waals surface area contributed by atoms with Gasteiger partial charge in [0.2, 0.25) is 6.79 Å². The summed E-state index contributed by atoms with van der Waals surface area (Å²) in [6, 6.07) is 12.1. The molecule has 31 heavy (non-hydrogen) atoms. The van der Waals surface area contributed by atoms with Crippen LogP contribution in [0.3, 0.4) is 0 Å². The average Bonchev–Trinajstić information content (AvgIpc) is 3.36. The van der Waals surface area contributed by atoms with Gasteiger partial charge in [-0.3, -0.25) is 4.79 Å². The molecule has 160 valence electrons. The maximum absolute atomic E-state index is 13.1. The van der Waals surface area contributed by atoms with Gasteiger partial charge in [-0.05, 0) is 44.2 Å². The van der Waals surface area contributed by atoms with Crippen molar-refractivity contribution in [2.45, 2.75) is 13.8 Å². The third-order valence-corrected chi connectivity index (χ3v) is 5.29. The zero-order valence-electron chi connectivity index (χ0n) is 17.2. The number of hydrogen-bond acceptors (Lipinski definition) is 6. The van der Waals surface area contributed by atoms with E-state index in [0.717, 1.165) is 0 Å². The first-order valence-electron chi connectivity index (χ1n) is 9.61. The number of hydrogen-bond donors (Lipinski definition) is 0. The number of esters is 1. The highest BCUT2D eigenvalue weighted by Gasteiger charge is 2.24. The Bertz CT molecular complexity index is 1170. The van der Waals surface area contributed by atoms with Crippen LogP contribution in [-0.4, -0.2) is 42.1 Å². The van der Waals surface area contributed by atoms with Gasteiger partial charge >= 0.3 is 5.97 Å². The average molecular weight is 442 g/mol. The van der Waals surface area contributed by atoms with Gasteiger partial charge < -0.3 is 19.1 Å². The van der Waals surface area contributed by atoms with Crippen LogP contribution in [-0.2, 0) is 4.74 Å². The number of halogens is 1. The molecule has 0 atom stereocenters. The highest BCUT2D eigenvalue weighted by Crippen LogP contribution is 2.35. The molecule has 0 bridgehead atoms. The van der Waals surface area contributed by atoms with Crippen LogP contribution in [0.2, 0.25) is 5.02 Å². The normalized spacial score (nSPS) is 12.0. The van der Waals surface area contributed by atoms with Crippen LogP contribution in [0.5, 0.6) is 11.5 Å². The molecule has 1 aliphatic rings. The second-order valence-corrected chi connectivity index (χ2v) is 7.21. The second kappa shape index (κ2) is 8.31. The molecule has 1 aliphatic heterocycles. The number of anilines is 1. The summed E-state index contributed by atoms with van der Waals surface area (Å²) in [5, 5.41) is 4.57. The molecule has 0 N–H and O–H groups in total. The van der Waals surface area contributed by atoms with Crippen molar-refractivity contribution in [3.05, 3.63) is 64.4 Å². The number of aryl methyl sites for hydroxylation is 1. The Morgan fingerprint density at radius 3 is 2.74 bits per heavy atom. The number of carbonyl (C=O) groups is 2. The largest absolute Gasteiger partial charge is 0.461 e. The number of aromatic nitrogens is 2. The number of rotatable bonds is 5. The van der Waals surface area contributed by atoms with E-state index in [1.54, 1.807) is 63.4 Å². The van der Waals surface area contributed by atoms with E-state index in [1.165, 1.54) is 9.58 Å². The maximum Gasteiger partial charge on any atom is 0.358 e. The van der Waals surface area contributed by atoms with Crippen molar-refractivity contribution in [3.63, 3.8) is 0 Å². The Balaban J connectivity index is 1.67. The molecule has 0 saturated heterocycles. The van der Waals surface area contributed by atoms with Crippen LogP contribution in [0, 0.1) is 6.92 Å². The number of benzene rings is 2. The summed E-state index contributed by atoms with van der Waals surface area (Å²) < 4.78 is 17.2. The van der Waals surface area contributed by atoms with Crippen molar-refractivity contribution in [3.8, 4) is 17.2 Å². The number of ether oxygens (including phenoxy) is 3. The summed E-state index contributed by atoms with van der Waals surface area (Å²) in [4.78, 5) is 27.1. The first-order valence-corrected chi connectivity index (χ1v) is 9.99. The van der Waals surface area contributed by atoms with E-state index in [2.05, 4.69) is 5.10 Å². The highest BCUT2D eigenvalue weighted by atomic mass is 35.5. The molecular formula is C22H20ClN3O5. The van der Waals surface area contributed by atoms with Crippen LogP contribution >= 0.6 is 11.6 Å². The van der Waals surface area contributed by atoms with E-state index >= 15 is 0 Å². The molecule has 0 radical (unpaired) electrons. The van der Waals surface area contributed by atoms with Crippen molar-refractivity contribution in [1.82, 2.24) is 9.78 Å². The Hall–Kier alpha value is -3.52. The summed E-state index contributed by atoms with van der Waals surface area (Å²) in [5.41, 5.74) is 2.19. The molecule has 3 aromatic rings. The fourth-order valence-corrected chi connectivity index (χ4v) is 3.44. The Kier molecular flexibility index (Phi) is 5.56. The quantitative estimate of drug-likeness (QED) is 0.556. The van der Waals surface area contributed by atoms with Crippen LogP contribution in [0.25, 0.3) is 5.69 Å². The van der Waals surface area contributed by atoms with Crippen molar-refractivity contribution < 1.29 is 23.8 Å². The van der Waals surface area contributed by atoms with Gasteiger partial charge in [-0.25, -0.2) is 9.48 Å². The van der Waals surface area contributed by atoms with Gasteiger partial charge in [-0.1, -0.05) is 17.7 Å². The second-order valence-electron chi connectivity index (χ2n) is 6.83. The van der Waals surface area contributed by atoms with Crippen molar-refractivity contribution in [1.29, 1.82) is 0 Å². The highest BCUT2D eigenvalue weighted by molar-refractivity contribution is 6.34. The van der Waals surface area contributed by atoms with Gasteiger partial charge in [0.15, 0.2) is 17.2 Å². The van der Waals surface area contributed by atoms with Gasteiger partial charge in [0.1, 0.15) is 0 Å². The topological polar surface area (TPSA) is 82.9 Å². The van der Waals surface area contributed by atoms with Crippen molar-refractivity contribution in [2.24, 2.45) is 0 Å². The summed E-state index contributed by atoms with van der Waals surface area (Å²) in [7, 11) is 1.67. The molecular weight excluding hydrogens is 422 g/mol. The van der Waals surface area contributed by atoms with Crippen molar-refractivity contribution in [2.75, 3.05) is 25.3 Å². The molecule has 0 aliphatic carbocycles. The summed E-state index contributed by atoms with van der Waals surface area (Å²) in [6.45, 7) is 3.78. The van der Waals surface area contributed by atoms with E-state index < -0.39 is 5.97 Å². The molecule has 0 spiro atoms. The van der Waals surface area contributed by atoms with E-state index in [-0.39, 0.29) is 30.0 Å². The molecule has 4 rings (SSSR count). The summed E-state index contributed by atoms with van der Waals surface area (Å²) in [6.07, 6.45) is 0. The van der Waals surface area contributed by atoms with Crippen LogP contribution < -0.4 is 14.4 Å². The third-order valence-electron chi connectivity index (χ3n) is 4.84. The molecule has 1 aromatic heterocycles. The molecule has 9 heteroatoms. The van der Waals surface area contributed by atoms with Crippen molar-refractivity contribution >= 4 is 29.2 Å². The first kappa shape index (κ1) is 20.7. The molecule has 1 amide bonds. The van der Waals surface area contributed by atoms with Crippen LogP contribution in [0.4, 0.5) is 5.69 Å². The smallest absolute Gasteiger partial charge is 0.358 e. The molecule has 8 nitrogen and oxygen atoms in total. The van der Waals surface area contributed by atoms with Gasteiger partial charge in [0, 0.05) is 24.4 Å². The van der Waals surface area contributed by atoms with Gasteiger partial charge in [0.25, 0.3) is 5.91 Å². The zero-order chi connectivity index (χ0) is 22.1. The fourth-order valence-electron chi connectivity index (χ4n) is 3.25. The fraction of sp³-hybridized carbons (Fsp3) is 0.227. The van der Waals surface area contributed by atoms with Crippen LogP contribution in [0.15, 0.2) is 42.5 Å². The minimum Gasteiger partial charge on any atom is -0.461 e. The minimum absolute atomic E-state index is 0.120. The summed E-state index contributed by atoms with van der Waals surface area (Å²) in [5.74, 6) is 0.409. The van der Waals surface area contributed by atoms with E-state index in [4.69, 9.17) is 25.8 Å². The van der Waals surface area contributed by atoms with Gasteiger partial charge in [0.05, 0.1) is 23.0 Å². The lowest BCUT2D eigenvalue weighted by molar-refractivity contribution is 0.0516. The zero-order valence-corrected chi connectivity index (χ0v) is 18.0. The number of fused-ring (bicyclic) bond motifs is 1. The number of amides is 1. The lowest BCUT2D eigenvalue weighted by Crippen LogP contribution is -2.26. The molecule has 0 fully saturated rings. The maximum atomic E-state index is 13.1. The molecule has 0 saturated carbocycles. The molecule has 2 aromatic carbocycles. The van der Waals surface area contributed by atoms with Gasteiger partial charge in [-0.2, -0.15) is 5.10 Å².